The zero-order valence-electron chi connectivity index (χ0n) is 7.62. The van der Waals surface area contributed by atoms with Gasteiger partial charge in [0.05, 0.1) is 6.33 Å². The maximum Gasteiger partial charge on any atom is 0.170 e. The van der Waals surface area contributed by atoms with Gasteiger partial charge in [-0.25, -0.2) is 4.98 Å². The van der Waals surface area contributed by atoms with Gasteiger partial charge in [0.25, 0.3) is 0 Å². The van der Waals surface area contributed by atoms with Crippen molar-refractivity contribution < 1.29 is 4.79 Å². The van der Waals surface area contributed by atoms with E-state index in [1.54, 1.807) is 6.33 Å². The molecule has 0 amide bonds. The Bertz CT molecular complexity index is 287. The highest BCUT2D eigenvalue weighted by molar-refractivity contribution is 5.73. The largest absolute Gasteiger partial charge is 0.348 e. The molecule has 0 aliphatic heterocycles. The Labute approximate surface area is 77.6 Å². The lowest BCUT2D eigenvalue weighted by Gasteiger charge is -2.20. The summed E-state index contributed by atoms with van der Waals surface area (Å²) >= 11 is 0. The summed E-state index contributed by atoms with van der Waals surface area (Å²) in [5.74, 6) is 0.538. The molecule has 1 aliphatic rings. The van der Waals surface area contributed by atoms with Crippen LogP contribution in [0.15, 0.2) is 6.33 Å². The van der Waals surface area contributed by atoms with Gasteiger partial charge in [0, 0.05) is 11.6 Å². The number of nitrogens with zero attached hydrogens (tertiary/aromatic N) is 1. The number of H-pyrrole nitrogens is 1. The fourth-order valence-electron chi connectivity index (χ4n) is 2.13. The molecular weight excluding hydrogens is 164 g/mol. The van der Waals surface area contributed by atoms with Gasteiger partial charge in [0.1, 0.15) is 5.69 Å². The van der Waals surface area contributed by atoms with Gasteiger partial charge in [0.15, 0.2) is 6.29 Å². The normalized spacial score (nSPS) is 18.8. The molecule has 0 atom stereocenters. The summed E-state index contributed by atoms with van der Waals surface area (Å²) in [7, 11) is 0. The second-order valence-electron chi connectivity index (χ2n) is 3.65. The zero-order valence-corrected chi connectivity index (χ0v) is 7.62. The van der Waals surface area contributed by atoms with Gasteiger partial charge in [-0.1, -0.05) is 19.3 Å². The molecular formula is C10H14N2O. The first kappa shape index (κ1) is 8.48. The standard InChI is InChI=1S/C10H14N2O/c13-6-9-10(12-7-11-9)8-4-2-1-3-5-8/h6-8H,1-5H2,(H,11,12). The lowest BCUT2D eigenvalue weighted by Crippen LogP contribution is -2.07. The average Bonchev–Trinajstić information content (AvgIpc) is 2.67. The maximum atomic E-state index is 10.6. The van der Waals surface area contributed by atoms with Gasteiger partial charge in [0.2, 0.25) is 0 Å². The summed E-state index contributed by atoms with van der Waals surface area (Å²) < 4.78 is 0. The molecule has 0 saturated heterocycles. The molecule has 0 radical (unpaired) electrons. The number of carbonyl (C=O) groups is 1. The van der Waals surface area contributed by atoms with E-state index in [1.165, 1.54) is 32.1 Å². The molecule has 3 heteroatoms. The highest BCUT2D eigenvalue weighted by Gasteiger charge is 2.19. The highest BCUT2D eigenvalue weighted by atomic mass is 16.1. The summed E-state index contributed by atoms with van der Waals surface area (Å²) in [5.41, 5.74) is 1.65. The van der Waals surface area contributed by atoms with Crippen molar-refractivity contribution in [3.63, 3.8) is 0 Å². The monoisotopic (exact) mass is 178 g/mol. The Kier molecular flexibility index (Phi) is 2.43. The van der Waals surface area contributed by atoms with E-state index in [-0.39, 0.29) is 0 Å². The van der Waals surface area contributed by atoms with Crippen molar-refractivity contribution in [2.45, 2.75) is 38.0 Å². The smallest absolute Gasteiger partial charge is 0.170 e. The summed E-state index contributed by atoms with van der Waals surface area (Å²) in [6, 6.07) is 0. The number of carbonyl (C=O) groups excluding carboxylic acids is 1. The van der Waals surface area contributed by atoms with Gasteiger partial charge < -0.3 is 4.98 Å². The predicted molar refractivity (Wildman–Crippen MR) is 49.8 cm³/mol. The van der Waals surface area contributed by atoms with Crippen molar-refractivity contribution in [2.75, 3.05) is 0 Å². The minimum absolute atomic E-state index is 0.538. The topological polar surface area (TPSA) is 45.8 Å². The quantitative estimate of drug-likeness (QED) is 0.706. The van der Waals surface area contributed by atoms with E-state index < -0.39 is 0 Å². The van der Waals surface area contributed by atoms with Crippen LogP contribution in [0.5, 0.6) is 0 Å². The average molecular weight is 178 g/mol. The molecule has 1 aliphatic carbocycles. The second kappa shape index (κ2) is 3.73. The first-order chi connectivity index (χ1) is 6.42. The van der Waals surface area contributed by atoms with Crippen LogP contribution < -0.4 is 0 Å². The van der Waals surface area contributed by atoms with Crippen LogP contribution in [0.1, 0.15) is 54.2 Å². The molecule has 0 spiro atoms. The van der Waals surface area contributed by atoms with Crippen molar-refractivity contribution in [1.29, 1.82) is 0 Å². The number of imidazole rings is 1. The van der Waals surface area contributed by atoms with E-state index >= 15 is 0 Å². The van der Waals surface area contributed by atoms with Crippen LogP contribution in [0.25, 0.3) is 0 Å². The number of hydrogen-bond donors (Lipinski definition) is 1. The summed E-state index contributed by atoms with van der Waals surface area (Å²) in [4.78, 5) is 17.7. The minimum atomic E-state index is 0.538. The number of hydrogen-bond acceptors (Lipinski definition) is 2. The number of rotatable bonds is 2. The molecule has 1 heterocycles. The first-order valence-corrected chi connectivity index (χ1v) is 4.90. The molecule has 2 rings (SSSR count). The molecule has 1 saturated carbocycles. The van der Waals surface area contributed by atoms with E-state index in [4.69, 9.17) is 0 Å². The van der Waals surface area contributed by atoms with E-state index in [2.05, 4.69) is 9.97 Å². The van der Waals surface area contributed by atoms with Crippen molar-refractivity contribution in [3.8, 4) is 0 Å². The van der Waals surface area contributed by atoms with Crippen molar-refractivity contribution in [1.82, 2.24) is 9.97 Å². The third kappa shape index (κ3) is 1.64. The molecule has 1 fully saturated rings. The van der Waals surface area contributed by atoms with Crippen LogP contribution in [0.3, 0.4) is 0 Å². The number of aromatic nitrogens is 2. The minimum Gasteiger partial charge on any atom is -0.348 e. The lowest BCUT2D eigenvalue weighted by molar-refractivity contribution is 0.111. The van der Waals surface area contributed by atoms with E-state index in [0.29, 0.717) is 11.6 Å². The van der Waals surface area contributed by atoms with Crippen molar-refractivity contribution >= 4 is 6.29 Å². The van der Waals surface area contributed by atoms with Crippen LogP contribution in [-0.2, 0) is 0 Å². The van der Waals surface area contributed by atoms with E-state index in [1.807, 2.05) is 0 Å². The van der Waals surface area contributed by atoms with Gasteiger partial charge in [-0.2, -0.15) is 0 Å². The molecule has 1 aromatic heterocycles. The molecule has 70 valence electrons. The lowest BCUT2D eigenvalue weighted by atomic mass is 9.86. The van der Waals surface area contributed by atoms with Crippen molar-refractivity contribution in [2.24, 2.45) is 0 Å². The van der Waals surface area contributed by atoms with Crippen LogP contribution in [0.4, 0.5) is 0 Å². The summed E-state index contributed by atoms with van der Waals surface area (Å²) in [6.45, 7) is 0. The fraction of sp³-hybridized carbons (Fsp3) is 0.600. The molecule has 13 heavy (non-hydrogen) atoms. The Morgan fingerprint density at radius 2 is 2.15 bits per heavy atom. The zero-order chi connectivity index (χ0) is 9.10. The molecule has 3 nitrogen and oxygen atoms in total. The third-order valence-electron chi connectivity index (χ3n) is 2.82. The Balaban J connectivity index is 2.17. The Morgan fingerprint density at radius 3 is 2.85 bits per heavy atom. The predicted octanol–water partition coefficient (Wildman–Crippen LogP) is 2.27. The van der Waals surface area contributed by atoms with Crippen LogP contribution in [0, 0.1) is 0 Å². The highest BCUT2D eigenvalue weighted by Crippen LogP contribution is 2.32. The first-order valence-electron chi connectivity index (χ1n) is 4.90. The number of aldehydes is 1. The van der Waals surface area contributed by atoms with Crippen LogP contribution >= 0.6 is 0 Å². The fourth-order valence-corrected chi connectivity index (χ4v) is 2.13. The van der Waals surface area contributed by atoms with Gasteiger partial charge >= 0.3 is 0 Å². The summed E-state index contributed by atoms with van der Waals surface area (Å²) in [6.07, 6.45) is 8.76. The van der Waals surface area contributed by atoms with Crippen LogP contribution in [-0.4, -0.2) is 16.3 Å². The number of aromatic amines is 1. The van der Waals surface area contributed by atoms with Gasteiger partial charge in [-0.3, -0.25) is 4.79 Å². The van der Waals surface area contributed by atoms with E-state index in [9.17, 15) is 4.79 Å². The number of nitrogens with one attached hydrogen (secondary N) is 1. The third-order valence-corrected chi connectivity index (χ3v) is 2.82. The SMILES string of the molecule is O=Cc1nc[nH]c1C1CCCCC1. The Hall–Kier alpha value is -1.12. The van der Waals surface area contributed by atoms with E-state index in [0.717, 1.165) is 12.0 Å². The van der Waals surface area contributed by atoms with Gasteiger partial charge in [-0.05, 0) is 12.8 Å². The molecule has 0 bridgehead atoms. The summed E-state index contributed by atoms with van der Waals surface area (Å²) in [5, 5.41) is 0. The maximum absolute atomic E-state index is 10.6. The van der Waals surface area contributed by atoms with Gasteiger partial charge in [-0.15, -0.1) is 0 Å². The molecule has 0 unspecified atom stereocenters. The Morgan fingerprint density at radius 1 is 1.38 bits per heavy atom. The molecule has 0 aromatic carbocycles. The second-order valence-corrected chi connectivity index (χ2v) is 3.65. The molecule has 1 N–H and O–H groups in total. The van der Waals surface area contributed by atoms with Crippen molar-refractivity contribution in [3.05, 3.63) is 17.7 Å². The molecule has 1 aromatic rings. The van der Waals surface area contributed by atoms with Crippen LogP contribution in [0.2, 0.25) is 0 Å².